The molecule has 10 heteroatoms. The van der Waals surface area contributed by atoms with E-state index in [9.17, 15) is 23.2 Å². The van der Waals surface area contributed by atoms with Gasteiger partial charge in [0.2, 0.25) is 0 Å². The fraction of sp³-hybridized carbons (Fsp3) is 0.263. The average molecular weight is 408 g/mol. The molecular formula is C19H17F3N3O4-. The number of hydrogen-bond acceptors (Lipinski definition) is 5. The zero-order chi connectivity index (χ0) is 21.0. The van der Waals surface area contributed by atoms with Crippen molar-refractivity contribution in [3.63, 3.8) is 0 Å². The SMILES string of the molecule is O=C(O)N([O-])c1ccc2c(c1)CN(CCCOc1ccccc1C(F)(F)F)C=N2. The van der Waals surface area contributed by atoms with Crippen LogP contribution in [0.2, 0.25) is 0 Å². The lowest BCUT2D eigenvalue weighted by atomic mass is 10.1. The van der Waals surface area contributed by atoms with Gasteiger partial charge in [-0.3, -0.25) is 0 Å². The second-order valence-electron chi connectivity index (χ2n) is 6.30. The summed E-state index contributed by atoms with van der Waals surface area (Å²) in [4.78, 5) is 16.9. The van der Waals surface area contributed by atoms with Gasteiger partial charge in [-0.05, 0) is 42.3 Å². The number of fused-ring (bicyclic) bond motifs is 1. The van der Waals surface area contributed by atoms with E-state index in [0.717, 1.165) is 6.07 Å². The van der Waals surface area contributed by atoms with Gasteiger partial charge in [-0.15, -0.1) is 0 Å². The molecule has 2 aromatic carbocycles. The molecule has 7 nitrogen and oxygen atoms in total. The number of amides is 1. The third-order valence-electron chi connectivity index (χ3n) is 4.24. The van der Waals surface area contributed by atoms with Crippen LogP contribution in [0, 0.1) is 5.21 Å². The predicted molar refractivity (Wildman–Crippen MR) is 100 cm³/mol. The molecule has 1 heterocycles. The smallest absolute Gasteiger partial charge is 0.419 e. The summed E-state index contributed by atoms with van der Waals surface area (Å²) < 4.78 is 44.2. The van der Waals surface area contributed by atoms with E-state index in [-0.39, 0.29) is 23.1 Å². The summed E-state index contributed by atoms with van der Waals surface area (Å²) in [5, 5.41) is 20.2. The zero-order valence-electron chi connectivity index (χ0n) is 15.1. The van der Waals surface area contributed by atoms with E-state index in [1.54, 1.807) is 17.3 Å². The Balaban J connectivity index is 1.55. The van der Waals surface area contributed by atoms with Crippen LogP contribution in [-0.2, 0) is 12.7 Å². The van der Waals surface area contributed by atoms with Crippen molar-refractivity contribution >= 4 is 23.8 Å². The van der Waals surface area contributed by atoms with Gasteiger partial charge < -0.3 is 25.0 Å². The second-order valence-corrected chi connectivity index (χ2v) is 6.30. The van der Waals surface area contributed by atoms with E-state index in [1.165, 1.54) is 30.3 Å². The van der Waals surface area contributed by atoms with Gasteiger partial charge in [-0.25, -0.2) is 9.79 Å². The van der Waals surface area contributed by atoms with Crippen LogP contribution in [0.3, 0.4) is 0 Å². The molecule has 0 aliphatic carbocycles. The Morgan fingerprint density at radius 1 is 1.28 bits per heavy atom. The maximum atomic E-state index is 13.0. The Bertz CT molecular complexity index is 918. The molecule has 0 bridgehead atoms. The lowest BCUT2D eigenvalue weighted by molar-refractivity contribution is -0.138. The summed E-state index contributed by atoms with van der Waals surface area (Å²) in [6.07, 6.45) is -4.06. The summed E-state index contributed by atoms with van der Waals surface area (Å²) >= 11 is 0. The highest BCUT2D eigenvalue weighted by atomic mass is 19.4. The lowest BCUT2D eigenvalue weighted by Gasteiger charge is -2.28. The van der Waals surface area contributed by atoms with Crippen LogP contribution in [0.1, 0.15) is 17.5 Å². The van der Waals surface area contributed by atoms with Crippen LogP contribution in [-0.4, -0.2) is 35.6 Å². The first kappa shape index (κ1) is 20.5. The van der Waals surface area contributed by atoms with Crippen LogP contribution >= 0.6 is 0 Å². The number of carboxylic acid groups (broad SMARTS) is 1. The highest BCUT2D eigenvalue weighted by Gasteiger charge is 2.33. The van der Waals surface area contributed by atoms with Crippen LogP contribution in [0.15, 0.2) is 47.5 Å². The predicted octanol–water partition coefficient (Wildman–Crippen LogP) is 4.63. The van der Waals surface area contributed by atoms with Gasteiger partial charge in [0.25, 0.3) is 0 Å². The van der Waals surface area contributed by atoms with Crippen molar-refractivity contribution in [2.24, 2.45) is 4.99 Å². The Kier molecular flexibility index (Phi) is 5.92. The van der Waals surface area contributed by atoms with E-state index in [1.807, 2.05) is 0 Å². The Labute approximate surface area is 164 Å². The molecule has 0 unspecified atom stereocenters. The Hall–Kier alpha value is -3.27. The van der Waals surface area contributed by atoms with E-state index in [2.05, 4.69) is 4.99 Å². The molecule has 0 aromatic heterocycles. The molecule has 154 valence electrons. The first-order valence-electron chi connectivity index (χ1n) is 8.66. The molecule has 0 atom stereocenters. The molecule has 1 N–H and O–H groups in total. The van der Waals surface area contributed by atoms with Crippen molar-refractivity contribution in [2.75, 3.05) is 18.2 Å². The van der Waals surface area contributed by atoms with Gasteiger partial charge in [0.05, 0.1) is 24.2 Å². The second kappa shape index (κ2) is 8.39. The molecular weight excluding hydrogens is 391 g/mol. The molecule has 1 amide bonds. The Morgan fingerprint density at radius 3 is 2.76 bits per heavy atom. The summed E-state index contributed by atoms with van der Waals surface area (Å²) in [7, 11) is 0. The zero-order valence-corrected chi connectivity index (χ0v) is 15.1. The van der Waals surface area contributed by atoms with Gasteiger partial charge in [0.15, 0.2) is 0 Å². The monoisotopic (exact) mass is 408 g/mol. The number of aliphatic imine (C=N–C) groups is 1. The highest BCUT2D eigenvalue weighted by Crippen LogP contribution is 2.36. The van der Waals surface area contributed by atoms with Gasteiger partial charge in [-0.1, -0.05) is 12.1 Å². The third kappa shape index (κ3) is 4.96. The average Bonchev–Trinajstić information content (AvgIpc) is 2.69. The molecule has 0 radical (unpaired) electrons. The normalized spacial score (nSPS) is 13.2. The largest absolute Gasteiger partial charge is 0.749 e. The van der Waals surface area contributed by atoms with Crippen LogP contribution in [0.4, 0.5) is 29.3 Å². The molecule has 0 fully saturated rings. The topological polar surface area (TPSA) is 88.4 Å². The molecule has 1 aliphatic heterocycles. The number of nitrogens with zero attached hydrogens (tertiary/aromatic N) is 3. The summed E-state index contributed by atoms with van der Waals surface area (Å²) in [6.45, 7) is 0.929. The quantitative estimate of drug-likeness (QED) is 0.556. The lowest BCUT2D eigenvalue weighted by Crippen LogP contribution is -2.27. The number of anilines is 1. The number of hydrogen-bond donors (Lipinski definition) is 1. The van der Waals surface area contributed by atoms with Crippen molar-refractivity contribution in [2.45, 2.75) is 19.1 Å². The van der Waals surface area contributed by atoms with Crippen LogP contribution < -0.4 is 9.80 Å². The number of alkyl halides is 3. The Morgan fingerprint density at radius 2 is 2.03 bits per heavy atom. The number of ether oxygens (including phenoxy) is 1. The minimum Gasteiger partial charge on any atom is -0.749 e. The van der Waals surface area contributed by atoms with Crippen molar-refractivity contribution < 1.29 is 27.8 Å². The molecule has 0 saturated carbocycles. The summed E-state index contributed by atoms with van der Waals surface area (Å²) in [6, 6.07) is 9.42. The van der Waals surface area contributed by atoms with Crippen molar-refractivity contribution in [1.82, 2.24) is 4.90 Å². The van der Waals surface area contributed by atoms with E-state index in [4.69, 9.17) is 9.84 Å². The van der Waals surface area contributed by atoms with Crippen LogP contribution in [0.5, 0.6) is 5.75 Å². The maximum Gasteiger partial charge on any atom is 0.419 e. The first-order valence-corrected chi connectivity index (χ1v) is 8.66. The van der Waals surface area contributed by atoms with Crippen LogP contribution in [0.25, 0.3) is 0 Å². The van der Waals surface area contributed by atoms with Crippen molar-refractivity contribution in [3.8, 4) is 5.75 Å². The third-order valence-corrected chi connectivity index (χ3v) is 4.24. The molecule has 1 aliphatic rings. The standard InChI is InChI=1S/C19H17F3N3O4/c20-19(21,22)15-4-1-2-5-17(15)29-9-3-8-24-11-13-10-14(25(28)18(26)27)6-7-16(13)23-12-24/h1-2,4-7,10,12H,3,8-9,11H2,(H,26,27)/q-1. The minimum atomic E-state index is -4.48. The molecule has 29 heavy (non-hydrogen) atoms. The molecule has 3 rings (SSSR count). The van der Waals surface area contributed by atoms with Gasteiger partial charge in [0, 0.05) is 18.8 Å². The van der Waals surface area contributed by atoms with Gasteiger partial charge in [-0.2, -0.15) is 13.2 Å². The van der Waals surface area contributed by atoms with Gasteiger partial charge in [0.1, 0.15) is 5.75 Å². The maximum absolute atomic E-state index is 13.0. The molecule has 0 spiro atoms. The number of halogens is 3. The first-order chi connectivity index (χ1) is 13.8. The minimum absolute atomic E-state index is 0.0135. The number of hydroxylamine groups is 1. The number of benzene rings is 2. The van der Waals surface area contributed by atoms with Crippen molar-refractivity contribution in [3.05, 3.63) is 58.8 Å². The number of carbonyl (C=O) groups is 1. The fourth-order valence-electron chi connectivity index (χ4n) is 2.88. The number of para-hydroxylation sites is 1. The summed E-state index contributed by atoms with van der Waals surface area (Å²) in [5.74, 6) is -0.216. The van der Waals surface area contributed by atoms with Crippen molar-refractivity contribution in [1.29, 1.82) is 0 Å². The van der Waals surface area contributed by atoms with E-state index in [0.29, 0.717) is 30.8 Å². The van der Waals surface area contributed by atoms with E-state index >= 15 is 0 Å². The molecule has 0 saturated heterocycles. The van der Waals surface area contributed by atoms with E-state index < -0.39 is 17.8 Å². The molecule has 2 aromatic rings. The highest BCUT2D eigenvalue weighted by molar-refractivity contribution is 5.87. The number of rotatable bonds is 6. The fourth-order valence-corrected chi connectivity index (χ4v) is 2.88. The summed E-state index contributed by atoms with van der Waals surface area (Å²) in [5.41, 5.74) is 0.469. The van der Waals surface area contributed by atoms with Gasteiger partial charge >= 0.3 is 12.3 Å².